The summed E-state index contributed by atoms with van der Waals surface area (Å²) in [5, 5.41) is 14.3. The molecule has 0 saturated carbocycles. The summed E-state index contributed by atoms with van der Waals surface area (Å²) in [5.41, 5.74) is 0.879. The van der Waals surface area contributed by atoms with Gasteiger partial charge >= 0.3 is 0 Å². The Labute approximate surface area is 145 Å². The van der Waals surface area contributed by atoms with Crippen LogP contribution in [0.25, 0.3) is 0 Å². The summed E-state index contributed by atoms with van der Waals surface area (Å²) in [6.45, 7) is 1.27. The first-order valence-corrected chi connectivity index (χ1v) is 9.34. The van der Waals surface area contributed by atoms with E-state index in [0.29, 0.717) is 19.6 Å². The van der Waals surface area contributed by atoms with Crippen LogP contribution in [0.2, 0.25) is 0 Å². The van der Waals surface area contributed by atoms with Crippen LogP contribution >= 0.6 is 0 Å². The summed E-state index contributed by atoms with van der Waals surface area (Å²) in [4.78, 5) is 14.7. The normalized spacial score (nSPS) is 15.2. The number of hydrogen-bond acceptors (Lipinski definition) is 6. The van der Waals surface area contributed by atoms with Gasteiger partial charge in [0.05, 0.1) is 9.82 Å². The Balaban J connectivity index is 1.87. The molecule has 8 nitrogen and oxygen atoms in total. The topological polar surface area (TPSA) is 105 Å². The number of nitro groups is 1. The minimum atomic E-state index is -3.69. The van der Waals surface area contributed by atoms with Gasteiger partial charge in [-0.15, -0.1) is 0 Å². The second-order valence-electron chi connectivity index (χ2n) is 5.76. The zero-order chi connectivity index (χ0) is 17.9. The Morgan fingerprint density at radius 3 is 2.64 bits per heavy atom. The number of anilines is 1. The molecule has 1 saturated heterocycles. The summed E-state index contributed by atoms with van der Waals surface area (Å²) >= 11 is 0. The van der Waals surface area contributed by atoms with E-state index in [-0.39, 0.29) is 16.3 Å². The fourth-order valence-electron chi connectivity index (χ4n) is 2.75. The molecule has 2 aromatic rings. The lowest BCUT2D eigenvalue weighted by molar-refractivity contribution is -0.384. The molecule has 1 aliphatic heterocycles. The maximum absolute atomic E-state index is 12.6. The van der Waals surface area contributed by atoms with Gasteiger partial charge in [0.1, 0.15) is 5.69 Å². The zero-order valence-electron chi connectivity index (χ0n) is 13.5. The molecule has 0 amide bonds. The second kappa shape index (κ2) is 7.16. The van der Waals surface area contributed by atoms with Crippen LogP contribution in [-0.2, 0) is 16.6 Å². The summed E-state index contributed by atoms with van der Waals surface area (Å²) in [6, 6.07) is 7.60. The molecule has 2 heterocycles. The Hall–Kier alpha value is -2.52. The SMILES string of the molecule is O=[N+]([O-])c1cc(S(=O)(=O)N2CCCC2)ccc1NCc1cccnc1. The largest absolute Gasteiger partial charge is 0.375 e. The van der Waals surface area contributed by atoms with Crippen molar-refractivity contribution < 1.29 is 13.3 Å². The van der Waals surface area contributed by atoms with Crippen molar-refractivity contribution in [3.63, 3.8) is 0 Å². The lowest BCUT2D eigenvalue weighted by Gasteiger charge is -2.16. The van der Waals surface area contributed by atoms with E-state index in [0.717, 1.165) is 24.5 Å². The van der Waals surface area contributed by atoms with Crippen LogP contribution in [0, 0.1) is 10.1 Å². The van der Waals surface area contributed by atoms with E-state index >= 15 is 0 Å². The third-order valence-electron chi connectivity index (χ3n) is 4.07. The third kappa shape index (κ3) is 3.77. The predicted octanol–water partition coefficient (Wildman–Crippen LogP) is 2.39. The molecule has 132 valence electrons. The van der Waals surface area contributed by atoms with Gasteiger partial charge in [0.15, 0.2) is 0 Å². The highest BCUT2D eigenvalue weighted by Crippen LogP contribution is 2.30. The number of sulfonamides is 1. The third-order valence-corrected chi connectivity index (χ3v) is 5.97. The first-order valence-electron chi connectivity index (χ1n) is 7.90. The van der Waals surface area contributed by atoms with Gasteiger partial charge in [-0.25, -0.2) is 8.42 Å². The van der Waals surface area contributed by atoms with Crippen molar-refractivity contribution in [2.24, 2.45) is 0 Å². The van der Waals surface area contributed by atoms with E-state index in [1.165, 1.54) is 16.4 Å². The molecular weight excluding hydrogens is 344 g/mol. The molecule has 1 aromatic carbocycles. The van der Waals surface area contributed by atoms with Crippen LogP contribution in [0.5, 0.6) is 0 Å². The van der Waals surface area contributed by atoms with Gasteiger partial charge in [-0.05, 0) is 36.6 Å². The van der Waals surface area contributed by atoms with Gasteiger partial charge in [0.2, 0.25) is 10.0 Å². The molecular formula is C16H18N4O4S. The van der Waals surface area contributed by atoms with Crippen LogP contribution in [0.4, 0.5) is 11.4 Å². The molecule has 1 aromatic heterocycles. The van der Waals surface area contributed by atoms with Crippen molar-refractivity contribution in [2.75, 3.05) is 18.4 Å². The summed E-state index contributed by atoms with van der Waals surface area (Å²) < 4.78 is 26.5. The highest BCUT2D eigenvalue weighted by Gasteiger charge is 2.29. The van der Waals surface area contributed by atoms with Crippen molar-refractivity contribution in [1.82, 2.24) is 9.29 Å². The molecule has 25 heavy (non-hydrogen) atoms. The molecule has 3 rings (SSSR count). The molecule has 0 unspecified atom stereocenters. The van der Waals surface area contributed by atoms with E-state index in [2.05, 4.69) is 10.3 Å². The van der Waals surface area contributed by atoms with Gasteiger partial charge in [0.25, 0.3) is 5.69 Å². The standard InChI is InChI=1S/C16H18N4O4S/c21-20(22)16-10-14(25(23,24)19-8-1-2-9-19)5-6-15(16)18-12-13-4-3-7-17-11-13/h3-7,10-11,18H,1-2,8-9,12H2. The number of pyridine rings is 1. The highest BCUT2D eigenvalue weighted by molar-refractivity contribution is 7.89. The molecule has 0 spiro atoms. The lowest BCUT2D eigenvalue weighted by atomic mass is 10.2. The van der Waals surface area contributed by atoms with Gasteiger partial charge < -0.3 is 5.32 Å². The number of rotatable bonds is 6. The molecule has 9 heteroatoms. The van der Waals surface area contributed by atoms with Crippen molar-refractivity contribution in [2.45, 2.75) is 24.3 Å². The van der Waals surface area contributed by atoms with E-state index in [1.807, 2.05) is 6.07 Å². The van der Waals surface area contributed by atoms with Crippen molar-refractivity contribution in [3.8, 4) is 0 Å². The molecule has 0 bridgehead atoms. The Bertz CT molecular complexity index is 865. The van der Waals surface area contributed by atoms with Crippen LogP contribution in [0.15, 0.2) is 47.6 Å². The maximum Gasteiger partial charge on any atom is 0.293 e. The number of nitrogens with one attached hydrogen (secondary N) is 1. The minimum Gasteiger partial charge on any atom is -0.375 e. The van der Waals surface area contributed by atoms with Crippen molar-refractivity contribution in [1.29, 1.82) is 0 Å². The summed E-state index contributed by atoms with van der Waals surface area (Å²) in [6.07, 6.45) is 4.92. The van der Waals surface area contributed by atoms with Crippen LogP contribution in [0.3, 0.4) is 0 Å². The Morgan fingerprint density at radius 2 is 2.00 bits per heavy atom. The second-order valence-corrected chi connectivity index (χ2v) is 7.70. The number of aromatic nitrogens is 1. The van der Waals surface area contributed by atoms with E-state index in [1.54, 1.807) is 18.5 Å². The zero-order valence-corrected chi connectivity index (χ0v) is 14.3. The number of benzene rings is 1. The molecule has 1 N–H and O–H groups in total. The van der Waals surface area contributed by atoms with Crippen molar-refractivity contribution in [3.05, 3.63) is 58.4 Å². The molecule has 0 atom stereocenters. The smallest absolute Gasteiger partial charge is 0.293 e. The first kappa shape index (κ1) is 17.3. The molecule has 0 radical (unpaired) electrons. The van der Waals surface area contributed by atoms with Gasteiger partial charge in [-0.2, -0.15) is 4.31 Å². The monoisotopic (exact) mass is 362 g/mol. The molecule has 0 aliphatic carbocycles. The van der Waals surface area contributed by atoms with Crippen LogP contribution < -0.4 is 5.32 Å². The van der Waals surface area contributed by atoms with Crippen LogP contribution in [0.1, 0.15) is 18.4 Å². The van der Waals surface area contributed by atoms with E-state index in [4.69, 9.17) is 0 Å². The fourth-order valence-corrected chi connectivity index (χ4v) is 4.29. The van der Waals surface area contributed by atoms with Gasteiger partial charge in [-0.3, -0.25) is 15.1 Å². The fraction of sp³-hybridized carbons (Fsp3) is 0.312. The quantitative estimate of drug-likeness (QED) is 0.625. The molecule has 1 aliphatic rings. The predicted molar refractivity (Wildman–Crippen MR) is 92.7 cm³/mol. The molecule has 1 fully saturated rings. The average Bonchev–Trinajstić information content (AvgIpc) is 3.16. The lowest BCUT2D eigenvalue weighted by Crippen LogP contribution is -2.27. The summed E-state index contributed by atoms with van der Waals surface area (Å²) in [7, 11) is -3.69. The highest BCUT2D eigenvalue weighted by atomic mass is 32.2. The Kier molecular flexibility index (Phi) is 4.95. The Morgan fingerprint density at radius 1 is 1.24 bits per heavy atom. The van der Waals surface area contributed by atoms with E-state index in [9.17, 15) is 18.5 Å². The number of hydrogen-bond donors (Lipinski definition) is 1. The number of nitrogens with zero attached hydrogens (tertiary/aromatic N) is 3. The van der Waals surface area contributed by atoms with Gasteiger partial charge in [-0.1, -0.05) is 6.07 Å². The van der Waals surface area contributed by atoms with Crippen molar-refractivity contribution >= 4 is 21.4 Å². The van der Waals surface area contributed by atoms with Gasteiger partial charge in [0, 0.05) is 38.1 Å². The average molecular weight is 362 g/mol. The first-order chi connectivity index (χ1) is 12.0. The summed E-state index contributed by atoms with van der Waals surface area (Å²) in [5.74, 6) is 0. The van der Waals surface area contributed by atoms with Crippen LogP contribution in [-0.4, -0.2) is 35.7 Å². The maximum atomic E-state index is 12.6. The minimum absolute atomic E-state index is 0.0481. The number of nitro benzene ring substituents is 1. The van der Waals surface area contributed by atoms with E-state index < -0.39 is 14.9 Å².